The van der Waals surface area contributed by atoms with E-state index < -0.39 is 17.2 Å². The van der Waals surface area contributed by atoms with Crippen LogP contribution in [0.2, 0.25) is 0 Å². The number of primary amides is 1. The van der Waals surface area contributed by atoms with Gasteiger partial charge in [0.1, 0.15) is 6.04 Å². The Bertz CT molecular complexity index is 210. The van der Waals surface area contributed by atoms with Crippen LogP contribution in [0.15, 0.2) is 0 Å². The molecule has 0 saturated heterocycles. The molecule has 0 fully saturated rings. The van der Waals surface area contributed by atoms with Crippen molar-refractivity contribution in [3.05, 3.63) is 0 Å². The number of nitrogens with one attached hydrogen (secondary N) is 1. The van der Waals surface area contributed by atoms with Crippen molar-refractivity contribution in [1.82, 2.24) is 5.32 Å². The minimum absolute atomic E-state index is 0.266. The third kappa shape index (κ3) is 5.39. The van der Waals surface area contributed by atoms with Gasteiger partial charge in [0.25, 0.3) is 0 Å². The second kappa shape index (κ2) is 7.00. The summed E-state index contributed by atoms with van der Waals surface area (Å²) in [5.74, 6) is 0.0223. The summed E-state index contributed by atoms with van der Waals surface area (Å²) in [6.07, 6.45) is 2.49. The maximum Gasteiger partial charge on any atom is 0.240 e. The van der Waals surface area contributed by atoms with Crippen LogP contribution in [0.5, 0.6) is 0 Å². The van der Waals surface area contributed by atoms with Gasteiger partial charge in [0.15, 0.2) is 0 Å². The molecule has 0 rings (SSSR count). The number of hydrogen-bond donors (Lipinski definition) is 3. The highest BCUT2D eigenvalue weighted by Gasteiger charge is 2.19. The Hall–Kier alpha value is -0.360. The van der Waals surface area contributed by atoms with E-state index in [-0.39, 0.29) is 5.91 Å². The van der Waals surface area contributed by atoms with E-state index in [4.69, 9.17) is 5.73 Å². The van der Waals surface area contributed by atoms with Crippen LogP contribution in [0, 0.1) is 0 Å². The standard InChI is InChI=1S/C8H16N2O2S2/c1-5(13)8(12)10-6(7(9)11)3-4-14-2/h5-6,13H,3-4H2,1-2H3,(H2,9,11)(H,10,12)/t5?,6-/m0/s1. The molecule has 14 heavy (non-hydrogen) atoms. The van der Waals surface area contributed by atoms with Crippen LogP contribution in [0.3, 0.4) is 0 Å². The third-order valence-electron chi connectivity index (χ3n) is 1.65. The Morgan fingerprint density at radius 3 is 2.50 bits per heavy atom. The van der Waals surface area contributed by atoms with Crippen molar-refractivity contribution in [3.8, 4) is 0 Å². The van der Waals surface area contributed by atoms with Crippen molar-refractivity contribution in [3.63, 3.8) is 0 Å². The summed E-state index contributed by atoms with van der Waals surface area (Å²) in [7, 11) is 0. The molecule has 2 atom stereocenters. The van der Waals surface area contributed by atoms with Gasteiger partial charge in [0.2, 0.25) is 11.8 Å². The SMILES string of the molecule is CSCC[C@H](NC(=O)C(C)S)C(N)=O. The van der Waals surface area contributed by atoms with E-state index in [1.807, 2.05) is 6.26 Å². The first-order valence-corrected chi connectivity index (χ1v) is 6.16. The van der Waals surface area contributed by atoms with Crippen molar-refractivity contribution >= 4 is 36.2 Å². The maximum atomic E-state index is 11.2. The summed E-state index contributed by atoms with van der Waals surface area (Å²) in [6.45, 7) is 1.64. The van der Waals surface area contributed by atoms with Crippen molar-refractivity contribution in [2.24, 2.45) is 5.73 Å². The third-order valence-corrected chi connectivity index (χ3v) is 2.53. The first-order valence-electron chi connectivity index (χ1n) is 4.25. The topological polar surface area (TPSA) is 72.2 Å². The van der Waals surface area contributed by atoms with E-state index in [9.17, 15) is 9.59 Å². The molecule has 2 amide bonds. The van der Waals surface area contributed by atoms with Crippen LogP contribution >= 0.6 is 24.4 Å². The lowest BCUT2D eigenvalue weighted by Crippen LogP contribution is -2.46. The second-order valence-corrected chi connectivity index (χ2v) is 4.68. The quantitative estimate of drug-likeness (QED) is 0.570. The maximum absolute atomic E-state index is 11.2. The highest BCUT2D eigenvalue weighted by atomic mass is 32.2. The zero-order chi connectivity index (χ0) is 11.1. The van der Waals surface area contributed by atoms with Crippen LogP contribution < -0.4 is 11.1 Å². The lowest BCUT2D eigenvalue weighted by atomic mass is 10.2. The normalized spacial score (nSPS) is 14.5. The predicted molar refractivity (Wildman–Crippen MR) is 62.6 cm³/mol. The average molecular weight is 236 g/mol. The number of rotatable bonds is 6. The number of thiol groups is 1. The van der Waals surface area contributed by atoms with Gasteiger partial charge in [-0.25, -0.2) is 0 Å². The Morgan fingerprint density at radius 2 is 2.14 bits per heavy atom. The Kier molecular flexibility index (Phi) is 6.82. The first-order chi connectivity index (χ1) is 6.49. The number of nitrogens with two attached hydrogens (primary N) is 1. The van der Waals surface area contributed by atoms with Gasteiger partial charge in [0, 0.05) is 0 Å². The average Bonchev–Trinajstić information content (AvgIpc) is 2.10. The molecule has 0 saturated carbocycles. The van der Waals surface area contributed by atoms with Crippen molar-refractivity contribution in [2.45, 2.75) is 24.6 Å². The molecule has 0 aliphatic heterocycles. The minimum atomic E-state index is -0.579. The molecule has 3 N–H and O–H groups in total. The fourth-order valence-electron chi connectivity index (χ4n) is 0.814. The van der Waals surface area contributed by atoms with Gasteiger partial charge in [-0.2, -0.15) is 24.4 Å². The number of amides is 2. The predicted octanol–water partition coefficient (Wildman–Crippen LogP) is 0.0279. The number of thioether (sulfide) groups is 1. The van der Waals surface area contributed by atoms with Crippen LogP contribution in [0.1, 0.15) is 13.3 Å². The van der Waals surface area contributed by atoms with Crippen LogP contribution in [0.25, 0.3) is 0 Å². The highest BCUT2D eigenvalue weighted by Crippen LogP contribution is 2.01. The van der Waals surface area contributed by atoms with Gasteiger partial charge >= 0.3 is 0 Å². The number of carbonyl (C=O) groups is 2. The van der Waals surface area contributed by atoms with E-state index >= 15 is 0 Å². The van der Waals surface area contributed by atoms with Crippen LogP contribution in [-0.2, 0) is 9.59 Å². The fourth-order valence-corrected chi connectivity index (χ4v) is 1.36. The zero-order valence-electron chi connectivity index (χ0n) is 8.32. The van der Waals surface area contributed by atoms with Crippen molar-refractivity contribution in [1.29, 1.82) is 0 Å². The van der Waals surface area contributed by atoms with Gasteiger partial charge in [-0.3, -0.25) is 9.59 Å². The molecule has 0 aromatic heterocycles. The Morgan fingerprint density at radius 1 is 1.57 bits per heavy atom. The van der Waals surface area contributed by atoms with Gasteiger partial charge in [-0.15, -0.1) is 0 Å². The Labute approximate surface area is 93.8 Å². The van der Waals surface area contributed by atoms with Crippen LogP contribution in [0.4, 0.5) is 0 Å². The van der Waals surface area contributed by atoms with Gasteiger partial charge in [-0.05, 0) is 25.4 Å². The van der Waals surface area contributed by atoms with E-state index in [0.29, 0.717) is 6.42 Å². The molecule has 0 aliphatic rings. The Balaban J connectivity index is 4.09. The summed E-state index contributed by atoms with van der Waals surface area (Å²) < 4.78 is 0. The number of hydrogen-bond acceptors (Lipinski definition) is 4. The molecule has 4 nitrogen and oxygen atoms in total. The van der Waals surface area contributed by atoms with Gasteiger partial charge < -0.3 is 11.1 Å². The molecule has 0 aromatic rings. The molecule has 0 aliphatic carbocycles. The molecule has 0 spiro atoms. The fraction of sp³-hybridized carbons (Fsp3) is 0.750. The smallest absolute Gasteiger partial charge is 0.240 e. The molecule has 1 unspecified atom stereocenters. The van der Waals surface area contributed by atoms with Gasteiger partial charge in [0.05, 0.1) is 5.25 Å². The van der Waals surface area contributed by atoms with Crippen molar-refractivity contribution < 1.29 is 9.59 Å². The van der Waals surface area contributed by atoms with E-state index in [2.05, 4.69) is 17.9 Å². The summed E-state index contributed by atoms with van der Waals surface area (Å²) in [5.41, 5.74) is 5.14. The zero-order valence-corrected chi connectivity index (χ0v) is 10.0. The monoisotopic (exact) mass is 236 g/mol. The summed E-state index contributed by atoms with van der Waals surface area (Å²) in [5, 5.41) is 2.12. The molecule has 6 heteroatoms. The lowest BCUT2D eigenvalue weighted by molar-refractivity contribution is -0.126. The molecular weight excluding hydrogens is 220 g/mol. The molecule has 82 valence electrons. The largest absolute Gasteiger partial charge is 0.368 e. The molecule has 0 bridgehead atoms. The highest BCUT2D eigenvalue weighted by molar-refractivity contribution is 7.98. The number of carbonyl (C=O) groups excluding carboxylic acids is 2. The van der Waals surface area contributed by atoms with Crippen LogP contribution in [-0.4, -0.2) is 35.1 Å². The summed E-state index contributed by atoms with van der Waals surface area (Å²) in [4.78, 5) is 22.2. The van der Waals surface area contributed by atoms with Gasteiger partial charge in [-0.1, -0.05) is 0 Å². The van der Waals surface area contributed by atoms with Crippen molar-refractivity contribution in [2.75, 3.05) is 12.0 Å². The summed E-state index contributed by atoms with van der Waals surface area (Å²) in [6, 6.07) is -0.579. The molecule has 0 heterocycles. The molecule has 0 radical (unpaired) electrons. The van der Waals surface area contributed by atoms with E-state index in [1.54, 1.807) is 18.7 Å². The lowest BCUT2D eigenvalue weighted by Gasteiger charge is -2.15. The second-order valence-electron chi connectivity index (χ2n) is 2.92. The first kappa shape index (κ1) is 13.6. The van der Waals surface area contributed by atoms with E-state index in [1.165, 1.54) is 0 Å². The molecule has 0 aromatic carbocycles. The molecular formula is C8H16N2O2S2. The summed E-state index contributed by atoms with van der Waals surface area (Å²) >= 11 is 5.56. The van der Waals surface area contributed by atoms with E-state index in [0.717, 1.165) is 5.75 Å². The minimum Gasteiger partial charge on any atom is -0.368 e.